The lowest BCUT2D eigenvalue weighted by atomic mass is 10.3. The van der Waals surface area contributed by atoms with Crippen LogP contribution in [0.2, 0.25) is 0 Å². The van der Waals surface area contributed by atoms with Crippen LogP contribution in [0.4, 0.5) is 5.69 Å². The van der Waals surface area contributed by atoms with Crippen LogP contribution >= 0.6 is 0 Å². The van der Waals surface area contributed by atoms with Crippen molar-refractivity contribution in [1.29, 1.82) is 0 Å². The second-order valence-electron chi connectivity index (χ2n) is 3.76. The van der Waals surface area contributed by atoms with Crippen LogP contribution in [0.25, 0.3) is 0 Å². The van der Waals surface area contributed by atoms with Crippen molar-refractivity contribution in [2.24, 2.45) is 5.73 Å². The summed E-state index contributed by atoms with van der Waals surface area (Å²) in [5, 5.41) is 2.46. The zero-order valence-electron chi connectivity index (χ0n) is 10.9. The van der Waals surface area contributed by atoms with Crippen LogP contribution in [0.5, 0.6) is 0 Å². The highest BCUT2D eigenvalue weighted by atomic mass is 16.5. The van der Waals surface area contributed by atoms with Crippen LogP contribution in [0, 0.1) is 0 Å². The molecule has 1 aromatic heterocycles. The molecular weight excluding hydrogens is 250 g/mol. The van der Waals surface area contributed by atoms with Gasteiger partial charge in [-0.25, -0.2) is 4.79 Å². The molecule has 7 nitrogen and oxygen atoms in total. The highest BCUT2D eigenvalue weighted by molar-refractivity contribution is 6.08. The second-order valence-corrected chi connectivity index (χ2v) is 3.76. The first kappa shape index (κ1) is 14.9. The molecule has 0 aliphatic rings. The molecule has 1 unspecified atom stereocenters. The maximum atomic E-state index is 11.7. The number of amides is 1. The number of nitrogens with one attached hydrogen (secondary N) is 1. The van der Waals surface area contributed by atoms with E-state index in [1.165, 1.54) is 22.9 Å². The Hall–Kier alpha value is -2.15. The lowest BCUT2D eigenvalue weighted by molar-refractivity contribution is -0.146. The number of rotatable bonds is 5. The molecule has 1 aromatic rings. The number of anilines is 1. The Labute approximate surface area is 110 Å². The minimum Gasteiger partial charge on any atom is -0.464 e. The zero-order chi connectivity index (χ0) is 14.4. The first-order chi connectivity index (χ1) is 8.99. The summed E-state index contributed by atoms with van der Waals surface area (Å²) in [6, 6.07) is 1.39. The molecule has 3 N–H and O–H groups in total. The summed E-state index contributed by atoms with van der Waals surface area (Å²) in [4.78, 5) is 34.3. The van der Waals surface area contributed by atoms with Gasteiger partial charge < -0.3 is 20.4 Å². The van der Waals surface area contributed by atoms with Gasteiger partial charge in [0.15, 0.2) is 6.04 Å². The number of carbonyl (C=O) groups is 2. The van der Waals surface area contributed by atoms with Crippen molar-refractivity contribution in [2.45, 2.75) is 26.4 Å². The van der Waals surface area contributed by atoms with Gasteiger partial charge in [-0.2, -0.15) is 0 Å². The molecule has 1 rings (SSSR count). The summed E-state index contributed by atoms with van der Waals surface area (Å²) >= 11 is 0. The Morgan fingerprint density at radius 2 is 2.11 bits per heavy atom. The van der Waals surface area contributed by atoms with E-state index in [4.69, 9.17) is 5.73 Å². The molecule has 1 heterocycles. The van der Waals surface area contributed by atoms with Gasteiger partial charge in [0, 0.05) is 18.8 Å². The Morgan fingerprint density at radius 3 is 2.68 bits per heavy atom. The number of carbonyl (C=O) groups excluding carboxylic acids is 2. The van der Waals surface area contributed by atoms with Crippen molar-refractivity contribution in [3.63, 3.8) is 0 Å². The fourth-order valence-corrected chi connectivity index (χ4v) is 1.41. The molecule has 0 radical (unpaired) electrons. The van der Waals surface area contributed by atoms with Crippen LogP contribution in [0.15, 0.2) is 23.1 Å². The largest absolute Gasteiger partial charge is 0.464 e. The van der Waals surface area contributed by atoms with Gasteiger partial charge >= 0.3 is 5.97 Å². The van der Waals surface area contributed by atoms with Crippen molar-refractivity contribution >= 4 is 17.6 Å². The van der Waals surface area contributed by atoms with E-state index in [2.05, 4.69) is 10.1 Å². The third kappa shape index (κ3) is 3.92. The van der Waals surface area contributed by atoms with E-state index < -0.39 is 17.9 Å². The highest BCUT2D eigenvalue weighted by Gasteiger charge is 2.23. The summed E-state index contributed by atoms with van der Waals surface area (Å²) in [6.07, 6.45) is 1.48. The molecule has 0 aromatic carbocycles. The fourth-order valence-electron chi connectivity index (χ4n) is 1.41. The van der Waals surface area contributed by atoms with Crippen molar-refractivity contribution in [1.82, 2.24) is 4.57 Å². The average Bonchev–Trinajstić information content (AvgIpc) is 2.40. The molecule has 7 heteroatoms. The number of pyridine rings is 1. The molecule has 0 fully saturated rings. The zero-order valence-corrected chi connectivity index (χ0v) is 10.9. The first-order valence-corrected chi connectivity index (χ1v) is 5.93. The minimum atomic E-state index is -1.39. The summed E-state index contributed by atoms with van der Waals surface area (Å²) in [5.74, 6) is -1.47. The molecule has 0 aliphatic heterocycles. The van der Waals surface area contributed by atoms with E-state index in [1.807, 2.05) is 0 Å². The molecule has 0 saturated carbocycles. The number of nitrogens with zero attached hydrogens (tertiary/aromatic N) is 1. The lowest BCUT2D eigenvalue weighted by Crippen LogP contribution is -2.43. The standard InChI is InChI=1S/C12H17N3O4/c1-3-15-7-8(5-6-9(15)16)14-11(17)10(13)12(18)19-4-2/h5-7,10H,3-4,13H2,1-2H3,(H,14,17). The molecular formula is C12H17N3O4. The first-order valence-electron chi connectivity index (χ1n) is 5.93. The molecule has 0 saturated heterocycles. The van der Waals surface area contributed by atoms with Crippen molar-refractivity contribution < 1.29 is 14.3 Å². The third-order valence-corrected chi connectivity index (χ3v) is 2.41. The second kappa shape index (κ2) is 6.69. The average molecular weight is 267 g/mol. The Bertz CT molecular complexity index is 524. The topological polar surface area (TPSA) is 103 Å². The van der Waals surface area contributed by atoms with Crippen LogP contribution in [-0.4, -0.2) is 29.1 Å². The molecule has 0 bridgehead atoms. The van der Waals surface area contributed by atoms with Crippen LogP contribution in [0.1, 0.15) is 13.8 Å². The molecule has 1 atom stereocenters. The van der Waals surface area contributed by atoms with Crippen molar-refractivity contribution in [3.05, 3.63) is 28.7 Å². The van der Waals surface area contributed by atoms with Crippen LogP contribution in [0.3, 0.4) is 0 Å². The molecule has 0 spiro atoms. The Morgan fingerprint density at radius 1 is 1.42 bits per heavy atom. The van der Waals surface area contributed by atoms with E-state index in [9.17, 15) is 14.4 Å². The monoisotopic (exact) mass is 267 g/mol. The van der Waals surface area contributed by atoms with E-state index in [1.54, 1.807) is 13.8 Å². The Kier molecular flexibility index (Phi) is 5.25. The van der Waals surface area contributed by atoms with Crippen LogP contribution in [-0.2, 0) is 20.9 Å². The number of ether oxygens (including phenoxy) is 1. The Balaban J connectivity index is 2.77. The predicted octanol–water partition coefficient (Wildman–Crippen LogP) is -0.303. The SMILES string of the molecule is CCOC(=O)C(N)C(=O)Nc1ccc(=O)n(CC)c1. The van der Waals surface area contributed by atoms with Gasteiger partial charge in [0.1, 0.15) is 0 Å². The fraction of sp³-hybridized carbons (Fsp3) is 0.417. The number of hydrogen-bond donors (Lipinski definition) is 2. The third-order valence-electron chi connectivity index (χ3n) is 2.41. The summed E-state index contributed by atoms with van der Waals surface area (Å²) < 4.78 is 6.07. The van der Waals surface area contributed by atoms with Gasteiger partial charge in [-0.15, -0.1) is 0 Å². The quantitative estimate of drug-likeness (QED) is 0.563. The maximum absolute atomic E-state index is 11.7. The van der Waals surface area contributed by atoms with Crippen LogP contribution < -0.4 is 16.6 Å². The van der Waals surface area contributed by atoms with E-state index in [0.717, 1.165) is 0 Å². The highest BCUT2D eigenvalue weighted by Crippen LogP contribution is 2.04. The summed E-state index contributed by atoms with van der Waals surface area (Å²) in [6.45, 7) is 4.06. The summed E-state index contributed by atoms with van der Waals surface area (Å²) in [7, 11) is 0. The minimum absolute atomic E-state index is 0.153. The smallest absolute Gasteiger partial charge is 0.332 e. The number of aromatic nitrogens is 1. The van der Waals surface area contributed by atoms with E-state index in [0.29, 0.717) is 12.2 Å². The molecule has 0 aliphatic carbocycles. The van der Waals surface area contributed by atoms with Gasteiger partial charge in [0.2, 0.25) is 0 Å². The molecule has 104 valence electrons. The maximum Gasteiger partial charge on any atom is 0.332 e. The van der Waals surface area contributed by atoms with Crippen molar-refractivity contribution in [3.8, 4) is 0 Å². The van der Waals surface area contributed by atoms with E-state index >= 15 is 0 Å². The van der Waals surface area contributed by atoms with Gasteiger partial charge in [-0.3, -0.25) is 9.59 Å². The molecule has 1 amide bonds. The van der Waals surface area contributed by atoms with Gasteiger partial charge in [0.05, 0.1) is 12.3 Å². The van der Waals surface area contributed by atoms with Gasteiger partial charge in [-0.05, 0) is 19.9 Å². The van der Waals surface area contributed by atoms with Gasteiger partial charge in [-0.1, -0.05) is 0 Å². The molecule has 19 heavy (non-hydrogen) atoms. The number of esters is 1. The van der Waals surface area contributed by atoms with E-state index in [-0.39, 0.29) is 12.2 Å². The number of hydrogen-bond acceptors (Lipinski definition) is 5. The normalized spacial score (nSPS) is 11.7. The van der Waals surface area contributed by atoms with Crippen molar-refractivity contribution in [2.75, 3.05) is 11.9 Å². The number of aryl methyl sites for hydroxylation is 1. The van der Waals surface area contributed by atoms with Gasteiger partial charge in [0.25, 0.3) is 11.5 Å². The summed E-state index contributed by atoms with van der Waals surface area (Å²) in [5.41, 5.74) is 5.66. The predicted molar refractivity (Wildman–Crippen MR) is 69.6 cm³/mol. The lowest BCUT2D eigenvalue weighted by Gasteiger charge is -2.12. The number of nitrogens with two attached hydrogens (primary N) is 1.